The maximum atomic E-state index is 12.8. The fraction of sp³-hybridized carbons (Fsp3) is 0.286. The topological polar surface area (TPSA) is 32.3 Å². The lowest BCUT2D eigenvalue weighted by molar-refractivity contribution is 0.0667. The molecule has 2 aliphatic rings. The second kappa shape index (κ2) is 6.62. The van der Waals surface area contributed by atoms with Crippen molar-refractivity contribution >= 4 is 5.91 Å². The van der Waals surface area contributed by atoms with Crippen molar-refractivity contribution in [3.8, 4) is 0 Å². The van der Waals surface area contributed by atoms with Gasteiger partial charge in [0.25, 0.3) is 5.91 Å². The lowest BCUT2D eigenvalue weighted by Gasteiger charge is -2.22. The Balaban J connectivity index is 1.47. The Labute approximate surface area is 143 Å². The van der Waals surface area contributed by atoms with E-state index in [0.29, 0.717) is 12.0 Å². The highest BCUT2D eigenvalue weighted by atomic mass is 16.2. The maximum absolute atomic E-state index is 12.8. The standard InChI is InChI=1S/C21H22N2O/c24-21(17-10-5-2-6-11-17)23-20-13-7-12-18(20)19(22-23)15-14-16-8-3-1-4-9-16/h1-11,13,18-20,22H,12,14-15H2/t18-,19-,20-/m1/s1. The van der Waals surface area contributed by atoms with Gasteiger partial charge in [-0.1, -0.05) is 60.7 Å². The lowest BCUT2D eigenvalue weighted by atomic mass is 9.91. The molecule has 0 saturated carbocycles. The van der Waals surface area contributed by atoms with Crippen molar-refractivity contribution in [2.24, 2.45) is 5.92 Å². The molecule has 1 amide bonds. The maximum Gasteiger partial charge on any atom is 0.268 e. The molecule has 0 unspecified atom stereocenters. The number of fused-ring (bicyclic) bond motifs is 1. The van der Waals surface area contributed by atoms with E-state index in [-0.39, 0.29) is 11.9 Å². The van der Waals surface area contributed by atoms with Gasteiger partial charge in [0, 0.05) is 17.5 Å². The van der Waals surface area contributed by atoms with Crippen molar-refractivity contribution in [1.82, 2.24) is 10.4 Å². The van der Waals surface area contributed by atoms with Crippen molar-refractivity contribution in [2.75, 3.05) is 0 Å². The van der Waals surface area contributed by atoms with Gasteiger partial charge in [0.1, 0.15) is 0 Å². The summed E-state index contributed by atoms with van der Waals surface area (Å²) in [4.78, 5) is 12.8. The smallest absolute Gasteiger partial charge is 0.268 e. The summed E-state index contributed by atoms with van der Waals surface area (Å²) in [5.74, 6) is 0.556. The number of rotatable bonds is 4. The SMILES string of the molecule is O=C(c1ccccc1)N1N[C@H](CCc2ccccc2)[C@H]2CC=C[C@H]21. The van der Waals surface area contributed by atoms with Crippen LogP contribution >= 0.6 is 0 Å². The molecule has 2 aromatic carbocycles. The monoisotopic (exact) mass is 318 g/mol. The van der Waals surface area contributed by atoms with Crippen LogP contribution in [0.5, 0.6) is 0 Å². The van der Waals surface area contributed by atoms with Crippen molar-refractivity contribution in [1.29, 1.82) is 0 Å². The molecule has 0 radical (unpaired) electrons. The van der Waals surface area contributed by atoms with Crippen molar-refractivity contribution in [3.63, 3.8) is 0 Å². The van der Waals surface area contributed by atoms with Crippen LogP contribution in [0.15, 0.2) is 72.8 Å². The Morgan fingerprint density at radius 1 is 1.04 bits per heavy atom. The molecule has 0 bridgehead atoms. The third-order valence-electron chi connectivity index (χ3n) is 5.13. The van der Waals surface area contributed by atoms with E-state index in [0.717, 1.165) is 24.8 Å². The molecule has 3 nitrogen and oxygen atoms in total. The molecule has 0 aromatic heterocycles. The summed E-state index contributed by atoms with van der Waals surface area (Å²) in [6.07, 6.45) is 7.54. The Kier molecular flexibility index (Phi) is 4.18. The summed E-state index contributed by atoms with van der Waals surface area (Å²) in [7, 11) is 0. The molecule has 1 N–H and O–H groups in total. The van der Waals surface area contributed by atoms with Gasteiger partial charge in [-0.25, -0.2) is 5.43 Å². The van der Waals surface area contributed by atoms with Gasteiger partial charge < -0.3 is 0 Å². The number of carbonyl (C=O) groups is 1. The van der Waals surface area contributed by atoms with Crippen molar-refractivity contribution in [2.45, 2.75) is 31.3 Å². The lowest BCUT2D eigenvalue weighted by Crippen LogP contribution is -2.43. The molecule has 1 heterocycles. The normalized spacial score (nSPS) is 25.0. The van der Waals surface area contributed by atoms with Crippen LogP contribution in [0.3, 0.4) is 0 Å². The first-order valence-corrected chi connectivity index (χ1v) is 8.68. The van der Waals surface area contributed by atoms with Crippen LogP contribution in [-0.2, 0) is 6.42 Å². The Bertz CT molecular complexity index is 726. The predicted molar refractivity (Wildman–Crippen MR) is 95.3 cm³/mol. The molecule has 1 fully saturated rings. The van der Waals surface area contributed by atoms with Crippen LogP contribution in [0.4, 0.5) is 0 Å². The number of hydrogen-bond donors (Lipinski definition) is 1. The fourth-order valence-electron chi connectivity index (χ4n) is 3.86. The third kappa shape index (κ3) is 2.87. The molecule has 1 saturated heterocycles. The number of amides is 1. The summed E-state index contributed by atoms with van der Waals surface area (Å²) in [5.41, 5.74) is 5.59. The first-order valence-electron chi connectivity index (χ1n) is 8.68. The number of nitrogens with zero attached hydrogens (tertiary/aromatic N) is 1. The zero-order valence-corrected chi connectivity index (χ0v) is 13.6. The molecule has 1 aliphatic heterocycles. The molecule has 3 atom stereocenters. The fourth-order valence-corrected chi connectivity index (χ4v) is 3.86. The van der Waals surface area contributed by atoms with Crippen LogP contribution in [0.1, 0.15) is 28.8 Å². The minimum Gasteiger partial charge on any atom is -0.268 e. The minimum atomic E-state index is 0.0689. The number of allylic oxidation sites excluding steroid dienone is 1. The van der Waals surface area contributed by atoms with Crippen LogP contribution in [0.25, 0.3) is 0 Å². The van der Waals surface area contributed by atoms with Crippen LogP contribution in [-0.4, -0.2) is 23.0 Å². The van der Waals surface area contributed by atoms with E-state index in [9.17, 15) is 4.79 Å². The Morgan fingerprint density at radius 3 is 2.50 bits per heavy atom. The van der Waals surface area contributed by atoms with Crippen molar-refractivity contribution < 1.29 is 4.79 Å². The van der Waals surface area contributed by atoms with Gasteiger partial charge in [-0.2, -0.15) is 0 Å². The zero-order chi connectivity index (χ0) is 16.4. The number of carbonyl (C=O) groups excluding carboxylic acids is 1. The first kappa shape index (κ1) is 15.2. The zero-order valence-electron chi connectivity index (χ0n) is 13.6. The first-order chi connectivity index (χ1) is 11.8. The molecule has 1 aliphatic carbocycles. The summed E-state index contributed by atoms with van der Waals surface area (Å²) in [6, 6.07) is 20.6. The average Bonchev–Trinajstić information content (AvgIpc) is 3.24. The van der Waals surface area contributed by atoms with Gasteiger partial charge in [-0.3, -0.25) is 9.80 Å². The second-order valence-corrected chi connectivity index (χ2v) is 6.62. The van der Waals surface area contributed by atoms with E-state index in [2.05, 4.69) is 47.9 Å². The van der Waals surface area contributed by atoms with Gasteiger partial charge in [0.15, 0.2) is 0 Å². The van der Waals surface area contributed by atoms with Crippen LogP contribution < -0.4 is 5.43 Å². The van der Waals surface area contributed by atoms with Gasteiger partial charge in [0.2, 0.25) is 0 Å². The molecule has 24 heavy (non-hydrogen) atoms. The summed E-state index contributed by atoms with van der Waals surface area (Å²) >= 11 is 0. The van der Waals surface area contributed by atoms with Gasteiger partial charge >= 0.3 is 0 Å². The summed E-state index contributed by atoms with van der Waals surface area (Å²) in [6.45, 7) is 0. The highest BCUT2D eigenvalue weighted by Gasteiger charge is 2.43. The Hall–Kier alpha value is -2.39. The van der Waals surface area contributed by atoms with E-state index in [1.165, 1.54) is 5.56 Å². The molecule has 4 rings (SSSR count). The highest BCUT2D eigenvalue weighted by molar-refractivity contribution is 5.94. The number of nitrogens with one attached hydrogen (secondary N) is 1. The molecular weight excluding hydrogens is 296 g/mol. The molecule has 2 aromatic rings. The van der Waals surface area contributed by atoms with E-state index in [1.54, 1.807) is 0 Å². The Morgan fingerprint density at radius 2 is 1.75 bits per heavy atom. The van der Waals surface area contributed by atoms with E-state index in [4.69, 9.17) is 0 Å². The highest BCUT2D eigenvalue weighted by Crippen LogP contribution is 2.34. The second-order valence-electron chi connectivity index (χ2n) is 6.62. The average molecular weight is 318 g/mol. The predicted octanol–water partition coefficient (Wildman–Crippen LogP) is 3.59. The molecule has 122 valence electrons. The van der Waals surface area contributed by atoms with E-state index < -0.39 is 0 Å². The van der Waals surface area contributed by atoms with E-state index in [1.807, 2.05) is 35.3 Å². The van der Waals surface area contributed by atoms with Gasteiger partial charge in [-0.15, -0.1) is 0 Å². The number of benzene rings is 2. The molecular formula is C21H22N2O. The summed E-state index contributed by atoms with van der Waals surface area (Å²) in [5, 5.41) is 1.85. The molecule has 3 heteroatoms. The third-order valence-corrected chi connectivity index (χ3v) is 5.13. The molecule has 0 spiro atoms. The quantitative estimate of drug-likeness (QED) is 0.874. The van der Waals surface area contributed by atoms with Gasteiger partial charge in [-0.05, 0) is 37.0 Å². The number of hydrogen-bond acceptors (Lipinski definition) is 2. The van der Waals surface area contributed by atoms with Gasteiger partial charge in [0.05, 0.1) is 6.04 Å². The number of hydrazine groups is 1. The summed E-state index contributed by atoms with van der Waals surface area (Å²) < 4.78 is 0. The number of aryl methyl sites for hydroxylation is 1. The van der Waals surface area contributed by atoms with E-state index >= 15 is 0 Å². The van der Waals surface area contributed by atoms with Crippen LogP contribution in [0.2, 0.25) is 0 Å². The van der Waals surface area contributed by atoms with Crippen molar-refractivity contribution in [3.05, 3.63) is 83.9 Å². The minimum absolute atomic E-state index is 0.0689. The van der Waals surface area contributed by atoms with Crippen LogP contribution in [0, 0.1) is 5.92 Å². The largest absolute Gasteiger partial charge is 0.268 e.